The van der Waals surface area contributed by atoms with Gasteiger partial charge in [-0.05, 0) is 40.7 Å². The smallest absolute Gasteiger partial charge is 0.0105 e. The minimum absolute atomic E-state index is 0. The van der Waals surface area contributed by atoms with Crippen molar-refractivity contribution in [2.45, 2.75) is 77.6 Å². The van der Waals surface area contributed by atoms with Crippen LogP contribution in [0.3, 0.4) is 0 Å². The molecule has 0 nitrogen and oxygen atoms in total. The average molecular weight is 433 g/mol. The highest BCUT2D eigenvalue weighted by atomic mass is 31.0. The van der Waals surface area contributed by atoms with Crippen molar-refractivity contribution in [2.24, 2.45) is 0 Å². The first kappa shape index (κ1) is 25.4. The molecular formula is C30H41P. The number of hydrogen-bond donors (Lipinski definition) is 0. The number of aryl methyl sites for hydroxylation is 1. The molecule has 1 heteroatoms. The Morgan fingerprint density at radius 1 is 0.452 bits per heavy atom. The molecule has 3 aromatic rings. The van der Waals surface area contributed by atoms with Gasteiger partial charge in [-0.2, -0.15) is 9.90 Å². The van der Waals surface area contributed by atoms with Crippen LogP contribution in [0.1, 0.15) is 76.7 Å². The summed E-state index contributed by atoms with van der Waals surface area (Å²) in [5.41, 5.74) is 6.68. The molecule has 0 saturated carbocycles. The van der Waals surface area contributed by atoms with E-state index in [1.54, 1.807) is 0 Å². The Bertz CT molecular complexity index is 836. The number of unbranched alkanes of at least 4 members (excludes halogenated alkanes) is 9. The van der Waals surface area contributed by atoms with Gasteiger partial charge in [0.15, 0.2) is 0 Å². The third kappa shape index (κ3) is 8.62. The van der Waals surface area contributed by atoms with Gasteiger partial charge in [0.1, 0.15) is 0 Å². The predicted molar refractivity (Wildman–Crippen MR) is 144 cm³/mol. The van der Waals surface area contributed by atoms with Crippen LogP contribution in [0.15, 0.2) is 78.9 Å². The third-order valence-corrected chi connectivity index (χ3v) is 6.10. The molecule has 0 amide bonds. The molecule has 0 bridgehead atoms. The molecule has 1 unspecified atom stereocenters. The normalized spacial score (nSPS) is 10.6. The molecule has 0 radical (unpaired) electrons. The number of hydrogen-bond acceptors (Lipinski definition) is 0. The fraction of sp³-hybridized carbons (Fsp3) is 0.400. The van der Waals surface area contributed by atoms with E-state index < -0.39 is 0 Å². The molecule has 0 N–H and O–H groups in total. The zero-order valence-corrected chi connectivity index (χ0v) is 20.9. The molecule has 3 aromatic carbocycles. The van der Waals surface area contributed by atoms with Gasteiger partial charge in [-0.25, -0.2) is 0 Å². The molecule has 0 aliphatic rings. The maximum atomic E-state index is 2.32. The summed E-state index contributed by atoms with van der Waals surface area (Å²) >= 11 is 0. The van der Waals surface area contributed by atoms with E-state index in [4.69, 9.17) is 0 Å². The summed E-state index contributed by atoms with van der Waals surface area (Å²) in [4.78, 5) is 0. The highest BCUT2D eigenvalue weighted by Gasteiger charge is 2.06. The summed E-state index contributed by atoms with van der Waals surface area (Å²) in [7, 11) is 0. The summed E-state index contributed by atoms with van der Waals surface area (Å²) in [5.74, 6) is 0. The standard InChI is InChI=1S/C30H38.H3P/c1-2-3-4-5-6-7-8-9-10-12-17-26-22-24-28(25-23-26)30-21-16-15-20-29(30)27-18-13-11-14-19-27;/h11,13-16,18-25H,2-10,12,17H2,1H3;1H3. The van der Waals surface area contributed by atoms with E-state index in [0.717, 1.165) is 0 Å². The lowest BCUT2D eigenvalue weighted by molar-refractivity contribution is 0.556. The van der Waals surface area contributed by atoms with Crippen molar-refractivity contribution in [3.05, 3.63) is 84.4 Å². The van der Waals surface area contributed by atoms with E-state index in [0.29, 0.717) is 0 Å². The predicted octanol–water partition coefficient (Wildman–Crippen LogP) is 9.54. The molecule has 0 heterocycles. The van der Waals surface area contributed by atoms with Crippen LogP contribution in [0.25, 0.3) is 22.3 Å². The summed E-state index contributed by atoms with van der Waals surface area (Å²) < 4.78 is 0. The van der Waals surface area contributed by atoms with Crippen molar-refractivity contribution in [3.8, 4) is 22.3 Å². The van der Waals surface area contributed by atoms with Gasteiger partial charge < -0.3 is 0 Å². The first-order chi connectivity index (χ1) is 14.9. The Morgan fingerprint density at radius 3 is 1.45 bits per heavy atom. The van der Waals surface area contributed by atoms with Crippen LogP contribution in [0.5, 0.6) is 0 Å². The largest absolute Gasteiger partial charge is 0.153 e. The molecule has 3 rings (SSSR count). The van der Waals surface area contributed by atoms with Crippen LogP contribution in [-0.4, -0.2) is 0 Å². The first-order valence-corrected chi connectivity index (χ1v) is 12.1. The second-order valence-electron chi connectivity index (χ2n) is 8.54. The third-order valence-electron chi connectivity index (χ3n) is 6.10. The van der Waals surface area contributed by atoms with Crippen LogP contribution in [-0.2, 0) is 6.42 Å². The van der Waals surface area contributed by atoms with Gasteiger partial charge in [0.2, 0.25) is 0 Å². The summed E-state index contributed by atoms with van der Waals surface area (Å²) in [6, 6.07) is 28.7. The molecule has 0 spiro atoms. The number of rotatable bonds is 13. The molecule has 0 aliphatic carbocycles. The minimum Gasteiger partial charge on any atom is -0.153 e. The van der Waals surface area contributed by atoms with Gasteiger partial charge in [-0.1, -0.05) is 144 Å². The Kier molecular flexibility index (Phi) is 12.3. The highest BCUT2D eigenvalue weighted by Crippen LogP contribution is 2.32. The van der Waals surface area contributed by atoms with Gasteiger partial charge in [0.25, 0.3) is 0 Å². The van der Waals surface area contributed by atoms with E-state index in [1.807, 2.05) is 0 Å². The molecular weight excluding hydrogens is 391 g/mol. The lowest BCUT2D eigenvalue weighted by Crippen LogP contribution is -1.88. The van der Waals surface area contributed by atoms with Crippen LogP contribution in [0.4, 0.5) is 0 Å². The second kappa shape index (κ2) is 15.0. The Hall–Kier alpha value is -1.91. The first-order valence-electron chi connectivity index (χ1n) is 12.1. The van der Waals surface area contributed by atoms with Crippen molar-refractivity contribution >= 4 is 9.90 Å². The quantitative estimate of drug-likeness (QED) is 0.186. The van der Waals surface area contributed by atoms with E-state index >= 15 is 0 Å². The van der Waals surface area contributed by atoms with Crippen molar-refractivity contribution < 1.29 is 0 Å². The van der Waals surface area contributed by atoms with Crippen LogP contribution in [0.2, 0.25) is 0 Å². The van der Waals surface area contributed by atoms with Gasteiger partial charge in [-0.15, -0.1) is 0 Å². The summed E-state index contributed by atoms with van der Waals surface area (Å²) in [5, 5.41) is 0. The SMILES string of the molecule is CCCCCCCCCCCCc1ccc(-c2ccccc2-c2ccccc2)cc1.P. The lowest BCUT2D eigenvalue weighted by atomic mass is 9.93. The Labute approximate surface area is 194 Å². The highest BCUT2D eigenvalue weighted by molar-refractivity contribution is 6.92. The zero-order valence-electron chi connectivity index (χ0n) is 19.5. The van der Waals surface area contributed by atoms with E-state index in [2.05, 4.69) is 85.8 Å². The molecule has 0 saturated heterocycles. The van der Waals surface area contributed by atoms with Gasteiger partial charge in [0.05, 0.1) is 0 Å². The lowest BCUT2D eigenvalue weighted by Gasteiger charge is -2.11. The molecule has 0 aliphatic heterocycles. The number of benzene rings is 3. The van der Waals surface area contributed by atoms with Crippen molar-refractivity contribution in [1.82, 2.24) is 0 Å². The van der Waals surface area contributed by atoms with Gasteiger partial charge >= 0.3 is 0 Å². The molecule has 31 heavy (non-hydrogen) atoms. The molecule has 1 atom stereocenters. The topological polar surface area (TPSA) is 0 Å². The van der Waals surface area contributed by atoms with E-state index in [9.17, 15) is 0 Å². The minimum atomic E-state index is 0. The van der Waals surface area contributed by atoms with Crippen molar-refractivity contribution in [1.29, 1.82) is 0 Å². The summed E-state index contributed by atoms with van der Waals surface area (Å²) in [6.07, 6.45) is 15.2. The van der Waals surface area contributed by atoms with Crippen LogP contribution < -0.4 is 0 Å². The monoisotopic (exact) mass is 432 g/mol. The maximum absolute atomic E-state index is 2.32. The Balaban J connectivity index is 0.00000341. The zero-order chi connectivity index (χ0) is 20.9. The van der Waals surface area contributed by atoms with Crippen molar-refractivity contribution in [2.75, 3.05) is 0 Å². The van der Waals surface area contributed by atoms with Gasteiger partial charge in [0, 0.05) is 0 Å². The van der Waals surface area contributed by atoms with E-state index in [1.165, 1.54) is 98.4 Å². The average Bonchev–Trinajstić information content (AvgIpc) is 2.81. The van der Waals surface area contributed by atoms with E-state index in [-0.39, 0.29) is 9.90 Å². The summed E-state index contributed by atoms with van der Waals surface area (Å²) in [6.45, 7) is 2.29. The molecule has 0 fully saturated rings. The fourth-order valence-corrected chi connectivity index (χ4v) is 4.27. The molecule has 166 valence electrons. The maximum Gasteiger partial charge on any atom is -0.0105 e. The fourth-order valence-electron chi connectivity index (χ4n) is 4.27. The Morgan fingerprint density at radius 2 is 0.903 bits per heavy atom. The van der Waals surface area contributed by atoms with Crippen LogP contribution in [0, 0.1) is 0 Å². The second-order valence-corrected chi connectivity index (χ2v) is 8.54. The van der Waals surface area contributed by atoms with Crippen molar-refractivity contribution in [3.63, 3.8) is 0 Å². The van der Waals surface area contributed by atoms with Gasteiger partial charge in [-0.3, -0.25) is 0 Å². The molecule has 0 aromatic heterocycles. The van der Waals surface area contributed by atoms with Crippen LogP contribution >= 0.6 is 9.90 Å².